The second-order valence-electron chi connectivity index (χ2n) is 16.7. The number of nitrogens with zero attached hydrogens (tertiary/aromatic N) is 4. The average molecular weight is 745 g/mol. The van der Waals surface area contributed by atoms with Crippen molar-refractivity contribution in [2.75, 3.05) is 24.6 Å². The van der Waals surface area contributed by atoms with Crippen molar-refractivity contribution in [2.24, 2.45) is 5.41 Å². The number of aliphatic hydroxyl groups is 1. The van der Waals surface area contributed by atoms with Gasteiger partial charge in [0.2, 0.25) is 0 Å². The molecule has 50 heavy (non-hydrogen) atoms. The van der Waals surface area contributed by atoms with E-state index in [4.69, 9.17) is 40.5 Å². The molecular formula is C36H53ClN6O5SSi. The van der Waals surface area contributed by atoms with Crippen molar-refractivity contribution in [3.05, 3.63) is 34.4 Å². The van der Waals surface area contributed by atoms with Crippen LogP contribution in [0.2, 0.25) is 23.3 Å². The van der Waals surface area contributed by atoms with Crippen molar-refractivity contribution >= 4 is 54.6 Å². The number of pyridine rings is 1. The number of fused-ring (bicyclic) bond motifs is 3. The Labute approximate surface area is 306 Å². The number of rotatable bonds is 7. The molecule has 3 aliphatic rings. The van der Waals surface area contributed by atoms with Crippen LogP contribution in [0.4, 0.5) is 10.6 Å². The SMILES string of the molecule is C[C@@H]1OCC2(CCN(c3ncc(Sc4cc5[nH]c6c(c5nc4Cl)CC(O[Si](C)(C)C(C)(C)C)CC6)nc3CO)CC2)[C@@H]1NC(=O)OC(C)(C)C. The number of anilines is 1. The highest BCUT2D eigenvalue weighted by atomic mass is 35.5. The molecule has 1 amide bonds. The van der Waals surface area contributed by atoms with Crippen LogP contribution in [0, 0.1) is 5.41 Å². The molecule has 0 bridgehead atoms. The number of ether oxygens (including phenoxy) is 2. The topological polar surface area (TPSA) is 135 Å². The van der Waals surface area contributed by atoms with Gasteiger partial charge in [0, 0.05) is 42.3 Å². The van der Waals surface area contributed by atoms with E-state index in [1.807, 2.05) is 33.8 Å². The summed E-state index contributed by atoms with van der Waals surface area (Å²) in [7, 11) is -1.89. The Morgan fingerprint density at radius 1 is 1.22 bits per heavy atom. The van der Waals surface area contributed by atoms with Crippen LogP contribution < -0.4 is 10.2 Å². The normalized spacial score (nSPS) is 22.6. The third kappa shape index (κ3) is 7.68. The Hall–Kier alpha value is -2.42. The first kappa shape index (κ1) is 37.3. The van der Waals surface area contributed by atoms with Gasteiger partial charge in [-0.25, -0.2) is 19.7 Å². The molecule has 6 rings (SSSR count). The van der Waals surface area contributed by atoms with Gasteiger partial charge in [-0.15, -0.1) is 0 Å². The zero-order valence-electron chi connectivity index (χ0n) is 30.9. The van der Waals surface area contributed by atoms with E-state index in [9.17, 15) is 9.90 Å². The molecule has 3 aromatic heterocycles. The minimum absolute atomic E-state index is 0.117. The maximum Gasteiger partial charge on any atom is 0.407 e. The summed E-state index contributed by atoms with van der Waals surface area (Å²) in [6, 6.07) is 1.89. The first-order valence-corrected chi connectivity index (χ1v) is 21.9. The van der Waals surface area contributed by atoms with Crippen LogP contribution in [-0.2, 0) is 33.3 Å². The lowest BCUT2D eigenvalue weighted by Crippen LogP contribution is -2.55. The molecule has 14 heteroatoms. The van der Waals surface area contributed by atoms with Gasteiger partial charge in [0.15, 0.2) is 14.1 Å². The van der Waals surface area contributed by atoms with Crippen LogP contribution in [0.15, 0.2) is 22.2 Å². The first-order valence-electron chi connectivity index (χ1n) is 17.8. The highest BCUT2D eigenvalue weighted by Crippen LogP contribution is 2.44. The summed E-state index contributed by atoms with van der Waals surface area (Å²) in [6.07, 6.45) is 5.71. The van der Waals surface area contributed by atoms with E-state index in [-0.39, 0.29) is 35.3 Å². The fourth-order valence-electron chi connectivity index (χ4n) is 7.25. The molecule has 274 valence electrons. The number of halogens is 1. The molecule has 2 saturated heterocycles. The molecule has 0 aromatic carbocycles. The number of alkyl carbamates (subject to hydrolysis) is 1. The van der Waals surface area contributed by atoms with E-state index >= 15 is 0 Å². The molecule has 0 radical (unpaired) electrons. The second-order valence-corrected chi connectivity index (χ2v) is 22.9. The average Bonchev–Trinajstić information content (AvgIpc) is 3.52. The second kappa shape index (κ2) is 13.9. The molecule has 1 unspecified atom stereocenters. The number of aromatic amines is 1. The quantitative estimate of drug-likeness (QED) is 0.166. The number of aliphatic hydroxyl groups excluding tert-OH is 1. The van der Waals surface area contributed by atoms with Crippen LogP contribution in [0.3, 0.4) is 0 Å². The maximum absolute atomic E-state index is 12.7. The highest BCUT2D eigenvalue weighted by molar-refractivity contribution is 7.99. The van der Waals surface area contributed by atoms with Gasteiger partial charge in [0.1, 0.15) is 21.5 Å². The van der Waals surface area contributed by atoms with Gasteiger partial charge >= 0.3 is 6.09 Å². The van der Waals surface area contributed by atoms with Crippen LogP contribution >= 0.6 is 23.4 Å². The molecule has 11 nitrogen and oxygen atoms in total. The molecule has 2 fully saturated rings. The Morgan fingerprint density at radius 3 is 2.60 bits per heavy atom. The molecule has 1 aliphatic carbocycles. The number of hydrogen-bond acceptors (Lipinski definition) is 10. The molecule has 2 aliphatic heterocycles. The fourth-order valence-corrected chi connectivity index (χ4v) is 9.69. The number of amides is 1. The van der Waals surface area contributed by atoms with E-state index in [0.29, 0.717) is 41.4 Å². The van der Waals surface area contributed by atoms with E-state index in [1.165, 1.54) is 23.0 Å². The lowest BCUT2D eigenvalue weighted by Gasteiger charge is -2.43. The summed E-state index contributed by atoms with van der Waals surface area (Å²) in [4.78, 5) is 33.7. The van der Waals surface area contributed by atoms with Gasteiger partial charge in [-0.1, -0.05) is 44.1 Å². The monoisotopic (exact) mass is 744 g/mol. The van der Waals surface area contributed by atoms with Gasteiger partial charge in [0.05, 0.1) is 47.5 Å². The van der Waals surface area contributed by atoms with Crippen molar-refractivity contribution in [1.82, 2.24) is 25.3 Å². The number of carbonyl (C=O) groups is 1. The Bertz CT molecular complexity index is 1730. The van der Waals surface area contributed by atoms with E-state index in [2.05, 4.69) is 49.1 Å². The summed E-state index contributed by atoms with van der Waals surface area (Å²) in [5.41, 5.74) is 4.01. The Balaban J connectivity index is 1.14. The smallest absolute Gasteiger partial charge is 0.407 e. The fraction of sp³-hybridized carbons (Fsp3) is 0.667. The van der Waals surface area contributed by atoms with Gasteiger partial charge in [0.25, 0.3) is 0 Å². The van der Waals surface area contributed by atoms with Crippen molar-refractivity contribution in [3.63, 3.8) is 0 Å². The molecule has 0 saturated carbocycles. The van der Waals surface area contributed by atoms with E-state index in [1.54, 1.807) is 6.20 Å². The van der Waals surface area contributed by atoms with Gasteiger partial charge in [-0.05, 0) is 77.6 Å². The predicted molar refractivity (Wildman–Crippen MR) is 200 cm³/mol. The van der Waals surface area contributed by atoms with Crippen molar-refractivity contribution in [3.8, 4) is 0 Å². The largest absolute Gasteiger partial charge is 0.444 e. The number of nitrogens with one attached hydrogen (secondary N) is 2. The van der Waals surface area contributed by atoms with Gasteiger partial charge < -0.3 is 34.2 Å². The number of aryl methyl sites for hydroxylation is 1. The third-order valence-electron chi connectivity index (χ3n) is 11.0. The number of aromatic nitrogens is 4. The molecular weight excluding hydrogens is 692 g/mol. The van der Waals surface area contributed by atoms with Gasteiger partial charge in [-0.3, -0.25) is 0 Å². The summed E-state index contributed by atoms with van der Waals surface area (Å²) in [6.45, 7) is 20.8. The van der Waals surface area contributed by atoms with Crippen molar-refractivity contribution in [1.29, 1.82) is 0 Å². The number of piperidine rings is 1. The van der Waals surface area contributed by atoms with E-state index in [0.717, 1.165) is 48.0 Å². The summed E-state index contributed by atoms with van der Waals surface area (Å²) in [5.74, 6) is 0.668. The number of carbonyl (C=O) groups excluding carboxylic acids is 1. The maximum atomic E-state index is 12.7. The molecule has 3 N–H and O–H groups in total. The van der Waals surface area contributed by atoms with Crippen molar-refractivity contribution in [2.45, 2.75) is 139 Å². The predicted octanol–water partition coefficient (Wildman–Crippen LogP) is 7.43. The van der Waals surface area contributed by atoms with Gasteiger partial charge in [-0.2, -0.15) is 0 Å². The Kier molecular flexibility index (Phi) is 10.3. The van der Waals surface area contributed by atoms with Crippen LogP contribution in [0.1, 0.15) is 84.7 Å². The standard InChI is InChI=1S/C36H53ClN6O5SSi/c1-21-30(42-33(45)47-34(2,3)4)36(20-46-21)12-14-43(15-13-36)32-26(19-44)40-28(18-38-32)49-27-17-25-29(41-31(27)37)23-16-22(10-11-24(23)39-25)48-50(8,9)35(5,6)7/h17-18,21-22,30,39,44H,10-16,19-20H2,1-9H3,(H,42,45)/t21-,22?,30+/m0/s1. The minimum atomic E-state index is -1.89. The van der Waals surface area contributed by atoms with Crippen LogP contribution in [0.5, 0.6) is 0 Å². The lowest BCUT2D eigenvalue weighted by molar-refractivity contribution is 0.0434. The Morgan fingerprint density at radius 2 is 1.94 bits per heavy atom. The van der Waals surface area contributed by atoms with Crippen LogP contribution in [-0.4, -0.2) is 83.0 Å². The number of H-pyrrole nitrogens is 1. The van der Waals surface area contributed by atoms with Crippen LogP contribution in [0.25, 0.3) is 11.0 Å². The summed E-state index contributed by atoms with van der Waals surface area (Å²) in [5, 5.41) is 14.7. The highest BCUT2D eigenvalue weighted by Gasteiger charge is 2.51. The zero-order valence-corrected chi connectivity index (χ0v) is 33.5. The molecule has 1 spiro atoms. The summed E-state index contributed by atoms with van der Waals surface area (Å²) >= 11 is 8.20. The lowest BCUT2D eigenvalue weighted by atomic mass is 9.73. The zero-order chi connectivity index (χ0) is 36.2. The minimum Gasteiger partial charge on any atom is -0.444 e. The molecule has 5 heterocycles. The number of hydrogen-bond donors (Lipinski definition) is 3. The third-order valence-corrected chi connectivity index (χ3v) is 16.8. The first-order chi connectivity index (χ1) is 23.4. The van der Waals surface area contributed by atoms with E-state index < -0.39 is 20.0 Å². The summed E-state index contributed by atoms with van der Waals surface area (Å²) < 4.78 is 18.4. The molecule has 3 atom stereocenters. The van der Waals surface area contributed by atoms with Crippen molar-refractivity contribution < 1.29 is 23.8 Å². The molecule has 3 aromatic rings.